The Labute approximate surface area is 194 Å². The number of nitrogens with zero attached hydrogens (tertiary/aromatic N) is 4. The number of halogens is 4. The molecule has 11 heteroatoms. The van der Waals surface area contributed by atoms with E-state index in [1.165, 1.54) is 12.3 Å². The highest BCUT2D eigenvalue weighted by atomic mass is 35.5. The fourth-order valence-electron chi connectivity index (χ4n) is 3.45. The zero-order chi connectivity index (χ0) is 24.4. The maximum atomic E-state index is 13.2. The maximum Gasteiger partial charge on any atom is 0.417 e. The zero-order valence-corrected chi connectivity index (χ0v) is 19.1. The van der Waals surface area contributed by atoms with Crippen molar-refractivity contribution in [3.63, 3.8) is 0 Å². The van der Waals surface area contributed by atoms with Gasteiger partial charge in [0.25, 0.3) is 0 Å². The molecule has 1 unspecified atom stereocenters. The van der Waals surface area contributed by atoms with E-state index in [-0.39, 0.29) is 22.9 Å². The van der Waals surface area contributed by atoms with Crippen molar-refractivity contribution in [1.82, 2.24) is 15.3 Å². The monoisotopic (exact) mass is 481 g/mol. The van der Waals surface area contributed by atoms with Crippen LogP contribution in [0.5, 0.6) is 0 Å². The summed E-state index contributed by atoms with van der Waals surface area (Å²) in [5.41, 5.74) is -1.23. The summed E-state index contributed by atoms with van der Waals surface area (Å²) in [4.78, 5) is 22.2. The number of nitriles is 1. The molecule has 1 N–H and O–H groups in total. The minimum absolute atomic E-state index is 0.0569. The molecule has 1 aromatic heterocycles. The first kappa shape index (κ1) is 24.6. The Kier molecular flexibility index (Phi) is 7.03. The van der Waals surface area contributed by atoms with Gasteiger partial charge in [-0.2, -0.15) is 18.4 Å². The maximum absolute atomic E-state index is 13.2. The van der Waals surface area contributed by atoms with E-state index >= 15 is 0 Å². The summed E-state index contributed by atoms with van der Waals surface area (Å²) in [7, 11) is 0. The Hall–Kier alpha value is -3.06. The topological polar surface area (TPSA) is 91.1 Å². The number of alkyl carbamates (subject to hydrolysis) is 1. The van der Waals surface area contributed by atoms with Gasteiger partial charge in [-0.3, -0.25) is 0 Å². The molecule has 1 amide bonds. The minimum Gasteiger partial charge on any atom is -0.444 e. The Balaban J connectivity index is 1.78. The van der Waals surface area contributed by atoms with Crippen LogP contribution in [0.3, 0.4) is 0 Å². The highest BCUT2D eigenvalue weighted by Gasteiger charge is 2.34. The van der Waals surface area contributed by atoms with Gasteiger partial charge < -0.3 is 15.0 Å². The van der Waals surface area contributed by atoms with Crippen LogP contribution in [0.25, 0.3) is 11.4 Å². The smallest absolute Gasteiger partial charge is 0.417 e. The van der Waals surface area contributed by atoms with E-state index in [4.69, 9.17) is 16.3 Å². The second-order valence-electron chi connectivity index (χ2n) is 8.72. The Bertz CT molecular complexity index is 1080. The van der Waals surface area contributed by atoms with Gasteiger partial charge in [0, 0.05) is 25.2 Å². The van der Waals surface area contributed by atoms with Crippen molar-refractivity contribution in [2.24, 2.45) is 5.92 Å². The van der Waals surface area contributed by atoms with E-state index in [2.05, 4.69) is 15.3 Å². The summed E-state index contributed by atoms with van der Waals surface area (Å²) < 4.78 is 44.9. The third kappa shape index (κ3) is 6.26. The normalized spacial score (nSPS) is 16.4. The summed E-state index contributed by atoms with van der Waals surface area (Å²) in [6.07, 6.45) is -3.09. The number of benzene rings is 1. The van der Waals surface area contributed by atoms with Gasteiger partial charge in [-0.15, -0.1) is 0 Å². The van der Waals surface area contributed by atoms with Crippen LogP contribution in [-0.4, -0.2) is 41.3 Å². The van der Waals surface area contributed by atoms with Gasteiger partial charge >= 0.3 is 12.3 Å². The third-order valence-corrected chi connectivity index (χ3v) is 5.27. The van der Waals surface area contributed by atoms with Crippen LogP contribution in [0, 0.1) is 17.2 Å². The van der Waals surface area contributed by atoms with Crippen LogP contribution in [0.1, 0.15) is 38.3 Å². The number of alkyl halides is 3. The molecule has 2 aromatic rings. The van der Waals surface area contributed by atoms with Crippen molar-refractivity contribution in [3.05, 3.63) is 40.5 Å². The molecule has 176 valence electrons. The first-order valence-electron chi connectivity index (χ1n) is 10.2. The first-order chi connectivity index (χ1) is 15.4. The summed E-state index contributed by atoms with van der Waals surface area (Å²) in [6, 6.07) is 5.47. The van der Waals surface area contributed by atoms with E-state index < -0.39 is 28.5 Å². The van der Waals surface area contributed by atoms with Gasteiger partial charge in [-0.25, -0.2) is 14.8 Å². The number of carbonyl (C=O) groups excluding carboxylic acids is 1. The number of aromatic nitrogens is 2. The standard InChI is InChI=1S/C22H23ClF3N5O2/c1-21(2,3)33-20(32)29-10-13-6-7-31(12-13)19-15(9-27)11-28-18(30-19)14-4-5-17(23)16(8-14)22(24,25)26/h4-5,8,11,13H,6-7,10,12H2,1-3H3,(H,29,32). The van der Waals surface area contributed by atoms with Gasteiger partial charge in [0.15, 0.2) is 11.6 Å². The highest BCUT2D eigenvalue weighted by molar-refractivity contribution is 6.31. The first-order valence-corrected chi connectivity index (χ1v) is 10.6. The predicted octanol–water partition coefficient (Wildman–Crippen LogP) is 5.04. The summed E-state index contributed by atoms with van der Waals surface area (Å²) in [5.74, 6) is 0.488. The summed E-state index contributed by atoms with van der Waals surface area (Å²) in [5, 5.41) is 11.8. The highest BCUT2D eigenvalue weighted by Crippen LogP contribution is 2.37. The number of anilines is 1. The SMILES string of the molecule is CC(C)(C)OC(=O)NCC1CCN(c2nc(-c3ccc(Cl)c(C(F)(F)F)c3)ncc2C#N)C1. The van der Waals surface area contributed by atoms with E-state index in [1.807, 2.05) is 11.0 Å². The molecule has 3 rings (SSSR count). The molecule has 1 saturated heterocycles. The lowest BCUT2D eigenvalue weighted by Gasteiger charge is -2.21. The second-order valence-corrected chi connectivity index (χ2v) is 9.13. The Morgan fingerprint density at radius 2 is 2.09 bits per heavy atom. The molecule has 0 aliphatic carbocycles. The van der Waals surface area contributed by atoms with Gasteiger partial charge in [0.1, 0.15) is 17.2 Å². The molecule has 0 radical (unpaired) electrons. The lowest BCUT2D eigenvalue weighted by Crippen LogP contribution is -2.36. The molecule has 0 spiro atoms. The van der Waals surface area contributed by atoms with Gasteiger partial charge in [-0.1, -0.05) is 11.6 Å². The van der Waals surface area contributed by atoms with Crippen molar-refractivity contribution in [2.45, 2.75) is 39.0 Å². The molecule has 33 heavy (non-hydrogen) atoms. The van der Waals surface area contributed by atoms with Crippen LogP contribution in [-0.2, 0) is 10.9 Å². The fraction of sp³-hybridized carbons (Fsp3) is 0.455. The fourth-order valence-corrected chi connectivity index (χ4v) is 3.67. The van der Waals surface area contributed by atoms with Crippen molar-refractivity contribution >= 4 is 23.5 Å². The van der Waals surface area contributed by atoms with Crippen LogP contribution in [0.4, 0.5) is 23.8 Å². The number of rotatable bonds is 4. The van der Waals surface area contributed by atoms with Crippen LogP contribution < -0.4 is 10.2 Å². The predicted molar refractivity (Wildman–Crippen MR) is 117 cm³/mol. The van der Waals surface area contributed by atoms with Gasteiger partial charge in [-0.05, 0) is 51.3 Å². The van der Waals surface area contributed by atoms with Gasteiger partial charge in [0.2, 0.25) is 0 Å². The molecule has 0 saturated carbocycles. The molecule has 1 fully saturated rings. The van der Waals surface area contributed by atoms with E-state index in [0.29, 0.717) is 25.5 Å². The lowest BCUT2D eigenvalue weighted by molar-refractivity contribution is -0.137. The Morgan fingerprint density at radius 1 is 1.36 bits per heavy atom. The molecular weight excluding hydrogens is 459 g/mol. The molecule has 0 bridgehead atoms. The number of hydrogen-bond acceptors (Lipinski definition) is 6. The molecule has 2 heterocycles. The van der Waals surface area contributed by atoms with E-state index in [1.54, 1.807) is 20.8 Å². The van der Waals surface area contributed by atoms with Crippen LogP contribution in [0.2, 0.25) is 5.02 Å². The van der Waals surface area contributed by atoms with Crippen molar-refractivity contribution in [1.29, 1.82) is 5.26 Å². The van der Waals surface area contributed by atoms with Crippen LogP contribution in [0.15, 0.2) is 24.4 Å². The summed E-state index contributed by atoms with van der Waals surface area (Å²) in [6.45, 7) is 6.79. The van der Waals surface area contributed by atoms with Crippen LogP contribution >= 0.6 is 11.6 Å². The van der Waals surface area contributed by atoms with E-state index in [9.17, 15) is 23.2 Å². The quantitative estimate of drug-likeness (QED) is 0.658. The third-order valence-electron chi connectivity index (χ3n) is 4.94. The summed E-state index contributed by atoms with van der Waals surface area (Å²) >= 11 is 5.70. The second kappa shape index (κ2) is 9.43. The average molecular weight is 482 g/mol. The largest absolute Gasteiger partial charge is 0.444 e. The Morgan fingerprint density at radius 3 is 2.73 bits per heavy atom. The zero-order valence-electron chi connectivity index (χ0n) is 18.3. The molecule has 1 atom stereocenters. The number of nitrogens with one attached hydrogen (secondary N) is 1. The minimum atomic E-state index is -4.62. The lowest BCUT2D eigenvalue weighted by atomic mass is 10.1. The number of hydrogen-bond donors (Lipinski definition) is 1. The van der Waals surface area contributed by atoms with Gasteiger partial charge in [0.05, 0.1) is 16.8 Å². The molecule has 1 aliphatic rings. The van der Waals surface area contributed by atoms with Crippen molar-refractivity contribution in [2.75, 3.05) is 24.5 Å². The molecule has 1 aliphatic heterocycles. The average Bonchev–Trinajstić information content (AvgIpc) is 3.19. The number of ether oxygens (including phenoxy) is 1. The number of amides is 1. The van der Waals surface area contributed by atoms with E-state index in [0.717, 1.165) is 18.6 Å². The number of carbonyl (C=O) groups is 1. The molecular formula is C22H23ClF3N5O2. The molecule has 7 nitrogen and oxygen atoms in total. The molecule has 1 aromatic carbocycles. The van der Waals surface area contributed by atoms with Crippen molar-refractivity contribution in [3.8, 4) is 17.5 Å². The van der Waals surface area contributed by atoms with Crippen molar-refractivity contribution < 1.29 is 22.7 Å².